The van der Waals surface area contributed by atoms with Crippen molar-refractivity contribution in [1.29, 1.82) is 0 Å². The number of imide groups is 1. The summed E-state index contributed by atoms with van der Waals surface area (Å²) in [6.07, 6.45) is 7.63. The Balaban J connectivity index is 1.30. The highest BCUT2D eigenvalue weighted by Gasteiger charge is 2.30. The van der Waals surface area contributed by atoms with E-state index in [4.69, 9.17) is 9.47 Å². The number of nitrogens with one attached hydrogen (secondary N) is 2. The molecule has 1 unspecified atom stereocenters. The minimum absolute atomic E-state index is 0.148. The van der Waals surface area contributed by atoms with E-state index < -0.39 is 6.04 Å². The van der Waals surface area contributed by atoms with E-state index in [0.717, 1.165) is 37.4 Å². The van der Waals surface area contributed by atoms with Crippen molar-refractivity contribution in [2.24, 2.45) is 5.92 Å². The largest absolute Gasteiger partial charge is 0.459 e. The van der Waals surface area contributed by atoms with Crippen LogP contribution in [-0.2, 0) is 19.1 Å². The molecule has 4 heterocycles. The molecule has 138 valence electrons. The summed E-state index contributed by atoms with van der Waals surface area (Å²) in [7, 11) is 0. The molecule has 2 amide bonds. The Morgan fingerprint density at radius 2 is 1.88 bits per heavy atom. The highest BCUT2D eigenvalue weighted by molar-refractivity contribution is 6.01. The molecule has 26 heavy (non-hydrogen) atoms. The van der Waals surface area contributed by atoms with E-state index in [2.05, 4.69) is 20.5 Å². The summed E-state index contributed by atoms with van der Waals surface area (Å²) in [6, 6.07) is 3.49. The lowest BCUT2D eigenvalue weighted by Crippen LogP contribution is -2.47. The van der Waals surface area contributed by atoms with Crippen LogP contribution in [0.5, 0.6) is 0 Å². The third-order valence-electron chi connectivity index (χ3n) is 5.06. The smallest absolute Gasteiger partial charge is 0.249 e. The van der Waals surface area contributed by atoms with E-state index in [1.54, 1.807) is 18.7 Å². The minimum atomic E-state index is -0.392. The van der Waals surface area contributed by atoms with Crippen LogP contribution in [0.3, 0.4) is 0 Å². The standard InChI is InChI=1S/C18H22N4O4/c23-16-4-2-14(17(24)21-16)20-13-1-3-15(19-11-13)22-7-5-12(6-8-22)18-25-9-10-26-18/h1,3,9-12,14,18,20H,2,4-8H2,(H,21,23,24). The number of carbonyl (C=O) groups is 2. The van der Waals surface area contributed by atoms with Crippen molar-refractivity contribution in [3.05, 3.63) is 30.9 Å². The summed E-state index contributed by atoms with van der Waals surface area (Å²) >= 11 is 0. The summed E-state index contributed by atoms with van der Waals surface area (Å²) < 4.78 is 10.9. The van der Waals surface area contributed by atoms with Crippen LogP contribution in [0.25, 0.3) is 0 Å². The Morgan fingerprint density at radius 1 is 1.12 bits per heavy atom. The Labute approximate surface area is 151 Å². The van der Waals surface area contributed by atoms with Crippen molar-refractivity contribution >= 4 is 23.3 Å². The molecule has 8 nitrogen and oxygen atoms in total. The molecule has 2 saturated heterocycles. The highest BCUT2D eigenvalue weighted by atomic mass is 16.7. The minimum Gasteiger partial charge on any atom is -0.459 e. The molecule has 0 bridgehead atoms. The van der Waals surface area contributed by atoms with Gasteiger partial charge in [-0.15, -0.1) is 0 Å². The zero-order chi connectivity index (χ0) is 17.9. The van der Waals surface area contributed by atoms with E-state index in [1.807, 2.05) is 12.1 Å². The summed E-state index contributed by atoms with van der Waals surface area (Å²) in [5.74, 6) is 0.825. The number of hydrogen-bond donors (Lipinski definition) is 2. The molecule has 3 aliphatic rings. The third-order valence-corrected chi connectivity index (χ3v) is 5.06. The zero-order valence-corrected chi connectivity index (χ0v) is 14.4. The van der Waals surface area contributed by atoms with Gasteiger partial charge in [-0.05, 0) is 31.4 Å². The molecule has 0 aromatic carbocycles. The molecule has 3 aliphatic heterocycles. The molecule has 4 rings (SSSR count). The van der Waals surface area contributed by atoms with Crippen LogP contribution in [0.15, 0.2) is 30.9 Å². The average molecular weight is 358 g/mol. The second-order valence-electron chi connectivity index (χ2n) is 6.79. The van der Waals surface area contributed by atoms with Gasteiger partial charge in [-0.1, -0.05) is 0 Å². The van der Waals surface area contributed by atoms with Gasteiger partial charge in [0.05, 0.1) is 11.9 Å². The molecule has 0 spiro atoms. The summed E-state index contributed by atoms with van der Waals surface area (Å²) in [6.45, 7) is 1.81. The third kappa shape index (κ3) is 3.58. The number of pyridine rings is 1. The Morgan fingerprint density at radius 3 is 2.54 bits per heavy atom. The molecule has 8 heteroatoms. The molecular weight excluding hydrogens is 336 g/mol. The number of hydrogen-bond acceptors (Lipinski definition) is 7. The van der Waals surface area contributed by atoms with Crippen molar-refractivity contribution in [2.45, 2.75) is 38.0 Å². The van der Waals surface area contributed by atoms with Gasteiger partial charge in [0.25, 0.3) is 0 Å². The van der Waals surface area contributed by atoms with Gasteiger partial charge in [0.2, 0.25) is 18.1 Å². The summed E-state index contributed by atoms with van der Waals surface area (Å²) in [5, 5.41) is 5.49. The van der Waals surface area contributed by atoms with Gasteiger partial charge in [-0.3, -0.25) is 14.9 Å². The van der Waals surface area contributed by atoms with Crippen molar-refractivity contribution in [1.82, 2.24) is 10.3 Å². The van der Waals surface area contributed by atoms with E-state index in [1.165, 1.54) is 0 Å². The first-order valence-corrected chi connectivity index (χ1v) is 8.96. The Kier molecular flexibility index (Phi) is 4.64. The van der Waals surface area contributed by atoms with Crippen molar-refractivity contribution in [2.75, 3.05) is 23.3 Å². The average Bonchev–Trinajstić information content (AvgIpc) is 3.20. The topological polar surface area (TPSA) is 92.8 Å². The van der Waals surface area contributed by atoms with E-state index in [9.17, 15) is 9.59 Å². The van der Waals surface area contributed by atoms with Crippen molar-refractivity contribution in [3.63, 3.8) is 0 Å². The zero-order valence-electron chi connectivity index (χ0n) is 14.4. The molecule has 1 aromatic rings. The number of carbonyl (C=O) groups excluding carboxylic acids is 2. The number of anilines is 2. The monoisotopic (exact) mass is 358 g/mol. The SMILES string of the molecule is O=C1CCC(Nc2ccc(N3CCC(C4OC=CO4)CC3)nc2)C(=O)N1. The van der Waals surface area contributed by atoms with Crippen LogP contribution in [0.2, 0.25) is 0 Å². The highest BCUT2D eigenvalue weighted by Crippen LogP contribution is 2.28. The number of ether oxygens (including phenoxy) is 2. The second-order valence-corrected chi connectivity index (χ2v) is 6.79. The van der Waals surface area contributed by atoms with Crippen LogP contribution in [0.1, 0.15) is 25.7 Å². The maximum atomic E-state index is 11.8. The normalized spacial score (nSPS) is 24.2. The van der Waals surface area contributed by atoms with E-state index in [0.29, 0.717) is 18.8 Å². The first-order chi connectivity index (χ1) is 12.7. The molecular formula is C18H22N4O4. The summed E-state index contributed by atoms with van der Waals surface area (Å²) in [4.78, 5) is 29.8. The Hall–Kier alpha value is -2.77. The quantitative estimate of drug-likeness (QED) is 0.785. The Bertz CT molecular complexity index is 690. The van der Waals surface area contributed by atoms with Gasteiger partial charge in [0.1, 0.15) is 24.4 Å². The fraction of sp³-hybridized carbons (Fsp3) is 0.500. The van der Waals surface area contributed by atoms with Crippen molar-refractivity contribution in [3.8, 4) is 0 Å². The fourth-order valence-corrected chi connectivity index (χ4v) is 3.56. The van der Waals surface area contributed by atoms with Crippen LogP contribution >= 0.6 is 0 Å². The first kappa shape index (κ1) is 16.7. The van der Waals surface area contributed by atoms with Crippen LogP contribution in [-0.4, -0.2) is 42.2 Å². The molecule has 0 saturated carbocycles. The predicted octanol–water partition coefficient (Wildman–Crippen LogP) is 1.36. The van der Waals surface area contributed by atoms with Gasteiger partial charge >= 0.3 is 0 Å². The van der Waals surface area contributed by atoms with Crippen molar-refractivity contribution < 1.29 is 19.1 Å². The fourth-order valence-electron chi connectivity index (χ4n) is 3.56. The van der Waals surface area contributed by atoms with Gasteiger partial charge in [-0.2, -0.15) is 0 Å². The summed E-state index contributed by atoms with van der Waals surface area (Å²) in [5.41, 5.74) is 0.775. The van der Waals surface area contributed by atoms with Gasteiger partial charge < -0.3 is 19.7 Å². The molecule has 1 atom stereocenters. The van der Waals surface area contributed by atoms with Crippen LogP contribution in [0.4, 0.5) is 11.5 Å². The molecule has 2 N–H and O–H groups in total. The molecule has 1 aromatic heterocycles. The van der Waals surface area contributed by atoms with Gasteiger partial charge in [0.15, 0.2) is 0 Å². The lowest BCUT2D eigenvalue weighted by atomic mass is 9.96. The first-order valence-electron chi connectivity index (χ1n) is 8.96. The van der Waals surface area contributed by atoms with E-state index in [-0.39, 0.29) is 18.1 Å². The number of aromatic nitrogens is 1. The lowest BCUT2D eigenvalue weighted by Gasteiger charge is -2.34. The maximum absolute atomic E-state index is 11.8. The van der Waals surface area contributed by atoms with Crippen LogP contribution in [0, 0.1) is 5.92 Å². The molecule has 0 radical (unpaired) electrons. The van der Waals surface area contributed by atoms with Gasteiger partial charge in [-0.25, -0.2) is 4.98 Å². The predicted molar refractivity (Wildman–Crippen MR) is 94.1 cm³/mol. The lowest BCUT2D eigenvalue weighted by molar-refractivity contribution is -0.133. The number of piperidine rings is 2. The van der Waals surface area contributed by atoms with Crippen LogP contribution < -0.4 is 15.5 Å². The number of amides is 2. The second kappa shape index (κ2) is 7.23. The van der Waals surface area contributed by atoms with Gasteiger partial charge in [0, 0.05) is 25.4 Å². The molecule has 2 fully saturated rings. The number of nitrogens with zero attached hydrogens (tertiary/aromatic N) is 2. The molecule has 0 aliphatic carbocycles. The number of rotatable bonds is 4. The maximum Gasteiger partial charge on any atom is 0.249 e. The van der Waals surface area contributed by atoms with E-state index >= 15 is 0 Å².